The van der Waals surface area contributed by atoms with Gasteiger partial charge in [0.15, 0.2) is 11.4 Å². The average molecular weight is 603 g/mol. The number of Topliss-reactive ketones (excluding diaryl/α,β-unsaturated/α-hetero) is 2. The molecule has 6 rings (SSSR count). The molecule has 2 aromatic carbocycles. The lowest BCUT2D eigenvalue weighted by molar-refractivity contribution is -0.153. The summed E-state index contributed by atoms with van der Waals surface area (Å²) in [4.78, 5) is 45.8. The third kappa shape index (κ3) is 4.54. The summed E-state index contributed by atoms with van der Waals surface area (Å²) < 4.78 is 0. The first-order valence-electron chi connectivity index (χ1n) is 14.8. The monoisotopic (exact) mass is 602 g/mol. The molecule has 0 radical (unpaired) electrons. The van der Waals surface area contributed by atoms with Crippen molar-refractivity contribution in [2.45, 2.75) is 31.0 Å². The van der Waals surface area contributed by atoms with E-state index < -0.39 is 58.0 Å². The highest BCUT2D eigenvalue weighted by Gasteiger charge is 2.64. The van der Waals surface area contributed by atoms with E-state index in [9.17, 15) is 34.8 Å². The normalized spacial score (nSPS) is 27.8. The predicted octanol–water partition coefficient (Wildman–Crippen LogP) is 1.38. The van der Waals surface area contributed by atoms with Gasteiger partial charge in [0.2, 0.25) is 5.78 Å². The average Bonchev–Trinajstić information content (AvgIpc) is 2.96. The van der Waals surface area contributed by atoms with Crippen LogP contribution in [0.4, 0.5) is 0 Å². The van der Waals surface area contributed by atoms with E-state index in [1.54, 1.807) is 20.2 Å². The number of primary amides is 1. The van der Waals surface area contributed by atoms with E-state index in [0.29, 0.717) is 5.56 Å². The number of hydrogen-bond acceptors (Lipinski definition) is 10. The second kappa shape index (κ2) is 10.8. The van der Waals surface area contributed by atoms with E-state index >= 15 is 0 Å². The quantitative estimate of drug-likeness (QED) is 0.316. The molecule has 4 atom stereocenters. The van der Waals surface area contributed by atoms with Crippen molar-refractivity contribution in [1.82, 2.24) is 14.7 Å². The van der Waals surface area contributed by atoms with E-state index in [-0.39, 0.29) is 29.7 Å². The first kappa shape index (κ1) is 30.0. The third-order valence-corrected chi connectivity index (χ3v) is 9.87. The first-order valence-corrected chi connectivity index (χ1v) is 14.8. The Labute approximate surface area is 255 Å². The number of aliphatic hydroxyl groups is 3. The molecule has 2 fully saturated rings. The molecule has 1 heterocycles. The number of ketones is 2. The van der Waals surface area contributed by atoms with Crippen LogP contribution in [-0.4, -0.2) is 112 Å². The number of amides is 1. The Hall–Kier alpha value is -4.03. The maximum Gasteiger partial charge on any atom is 0.255 e. The molecule has 232 valence electrons. The molecule has 3 aliphatic carbocycles. The SMILES string of the molecule is CN1CCN(Cc2ccc(-c3ccc(O)c4c3CC3CC5C(N(C)C)C(=O)C(C(N)=O)=C(O)C5(O)C(=O)C3=C4O)cc2)CC1. The summed E-state index contributed by atoms with van der Waals surface area (Å²) in [5.41, 5.74) is 5.31. The van der Waals surface area contributed by atoms with Crippen LogP contribution in [0.15, 0.2) is 53.3 Å². The van der Waals surface area contributed by atoms with Crippen LogP contribution in [0.25, 0.3) is 16.9 Å². The van der Waals surface area contributed by atoms with Crippen molar-refractivity contribution in [3.8, 4) is 16.9 Å². The van der Waals surface area contributed by atoms with Gasteiger partial charge in [-0.2, -0.15) is 0 Å². The zero-order valence-corrected chi connectivity index (χ0v) is 25.1. The van der Waals surface area contributed by atoms with Crippen molar-refractivity contribution >= 4 is 23.2 Å². The van der Waals surface area contributed by atoms with Gasteiger partial charge in [0.05, 0.1) is 11.6 Å². The number of rotatable bonds is 5. The summed E-state index contributed by atoms with van der Waals surface area (Å²) in [6, 6.07) is 10.3. The van der Waals surface area contributed by atoms with Crippen molar-refractivity contribution in [2.24, 2.45) is 17.6 Å². The molecule has 0 bridgehead atoms. The number of hydrogen-bond donors (Lipinski definition) is 5. The lowest BCUT2D eigenvalue weighted by Crippen LogP contribution is -2.65. The van der Waals surface area contributed by atoms with Crippen LogP contribution < -0.4 is 5.73 Å². The molecule has 1 saturated carbocycles. The van der Waals surface area contributed by atoms with E-state index in [0.717, 1.165) is 43.9 Å². The number of aromatic hydroxyl groups is 1. The van der Waals surface area contributed by atoms with Gasteiger partial charge in [0.1, 0.15) is 22.8 Å². The second-order valence-electron chi connectivity index (χ2n) is 12.7. The Balaban J connectivity index is 1.40. The maximum atomic E-state index is 14.0. The van der Waals surface area contributed by atoms with Crippen LogP contribution in [0.1, 0.15) is 23.1 Å². The zero-order valence-electron chi connectivity index (χ0n) is 25.1. The molecule has 11 heteroatoms. The number of aliphatic hydroxyl groups excluding tert-OH is 2. The topological polar surface area (TPSA) is 168 Å². The highest BCUT2D eigenvalue weighted by Crippen LogP contribution is 2.53. The fraction of sp³-hybridized carbons (Fsp3) is 0.424. The number of phenols is 1. The largest absolute Gasteiger partial charge is 0.508 e. The molecule has 1 saturated heterocycles. The number of nitrogens with two attached hydrogens (primary N) is 1. The Kier molecular flexibility index (Phi) is 7.40. The Morgan fingerprint density at radius 2 is 1.68 bits per heavy atom. The van der Waals surface area contributed by atoms with Crippen LogP contribution in [-0.2, 0) is 27.3 Å². The molecule has 6 N–H and O–H groups in total. The highest BCUT2D eigenvalue weighted by molar-refractivity contribution is 6.24. The van der Waals surface area contributed by atoms with Gasteiger partial charge in [-0.25, -0.2) is 0 Å². The molecule has 2 aromatic rings. The molecular formula is C33H38N4O7. The van der Waals surface area contributed by atoms with Gasteiger partial charge in [-0.3, -0.25) is 24.2 Å². The molecule has 11 nitrogen and oxygen atoms in total. The Morgan fingerprint density at radius 1 is 1.02 bits per heavy atom. The fourth-order valence-electron chi connectivity index (χ4n) is 7.57. The fourth-order valence-corrected chi connectivity index (χ4v) is 7.57. The Morgan fingerprint density at radius 3 is 2.30 bits per heavy atom. The third-order valence-electron chi connectivity index (χ3n) is 9.87. The van der Waals surface area contributed by atoms with E-state index in [4.69, 9.17) is 5.73 Å². The number of benzene rings is 2. The van der Waals surface area contributed by atoms with Crippen LogP contribution in [0.5, 0.6) is 5.75 Å². The number of carbonyl (C=O) groups is 3. The molecule has 0 aromatic heterocycles. The van der Waals surface area contributed by atoms with Gasteiger partial charge in [-0.15, -0.1) is 0 Å². The summed E-state index contributed by atoms with van der Waals surface area (Å²) in [5.74, 6) is -6.61. The number of piperazine rings is 1. The number of carbonyl (C=O) groups excluding carboxylic acids is 3. The lowest BCUT2D eigenvalue weighted by Gasteiger charge is -2.50. The van der Waals surface area contributed by atoms with Gasteiger partial charge in [-0.05, 0) is 68.2 Å². The van der Waals surface area contributed by atoms with Crippen LogP contribution in [0.3, 0.4) is 0 Å². The number of likely N-dealkylation sites (N-methyl/N-ethyl adjacent to an activating group) is 2. The minimum atomic E-state index is -2.66. The van der Waals surface area contributed by atoms with Crippen molar-refractivity contribution in [2.75, 3.05) is 47.3 Å². The van der Waals surface area contributed by atoms with Gasteiger partial charge in [-0.1, -0.05) is 30.3 Å². The van der Waals surface area contributed by atoms with E-state index in [1.807, 2.05) is 12.1 Å². The summed E-state index contributed by atoms with van der Waals surface area (Å²) in [7, 11) is 5.29. The smallest absolute Gasteiger partial charge is 0.255 e. The van der Waals surface area contributed by atoms with Gasteiger partial charge < -0.3 is 31.1 Å². The van der Waals surface area contributed by atoms with E-state index in [2.05, 4.69) is 29.0 Å². The Bertz CT molecular complexity index is 1620. The number of fused-ring (bicyclic) bond motifs is 3. The van der Waals surface area contributed by atoms with Crippen LogP contribution in [0.2, 0.25) is 0 Å². The van der Waals surface area contributed by atoms with Gasteiger partial charge in [0, 0.05) is 44.2 Å². The molecule has 1 aliphatic heterocycles. The number of phenolic OH excluding ortho intramolecular Hbond substituents is 1. The minimum Gasteiger partial charge on any atom is -0.508 e. The molecule has 1 amide bonds. The predicted molar refractivity (Wildman–Crippen MR) is 162 cm³/mol. The lowest BCUT2D eigenvalue weighted by atomic mass is 9.57. The van der Waals surface area contributed by atoms with Gasteiger partial charge >= 0.3 is 0 Å². The van der Waals surface area contributed by atoms with E-state index in [1.165, 1.54) is 16.5 Å². The van der Waals surface area contributed by atoms with Crippen molar-refractivity contribution in [1.29, 1.82) is 0 Å². The molecule has 0 spiro atoms. The van der Waals surface area contributed by atoms with Gasteiger partial charge in [0.25, 0.3) is 5.91 Å². The summed E-state index contributed by atoms with van der Waals surface area (Å²) >= 11 is 0. The van der Waals surface area contributed by atoms with Crippen molar-refractivity contribution in [3.05, 3.63) is 70.0 Å². The van der Waals surface area contributed by atoms with Crippen molar-refractivity contribution in [3.63, 3.8) is 0 Å². The molecule has 44 heavy (non-hydrogen) atoms. The minimum absolute atomic E-state index is 0.0464. The highest BCUT2D eigenvalue weighted by atomic mass is 16.3. The summed E-state index contributed by atoms with van der Waals surface area (Å²) in [6.07, 6.45) is 0.284. The van der Waals surface area contributed by atoms with Crippen molar-refractivity contribution < 1.29 is 34.8 Å². The zero-order chi connectivity index (χ0) is 31.7. The summed E-state index contributed by atoms with van der Waals surface area (Å²) in [5, 5.41) is 45.2. The second-order valence-corrected chi connectivity index (χ2v) is 12.7. The first-order chi connectivity index (χ1) is 20.8. The number of nitrogens with zero attached hydrogens (tertiary/aromatic N) is 3. The maximum absolute atomic E-state index is 14.0. The van der Waals surface area contributed by atoms with Crippen LogP contribution in [0, 0.1) is 11.8 Å². The standard InChI is InChI=1S/C33H38N4O7/c1-35(2)27-22-15-19-14-21-20(18-6-4-17(5-7-18)16-37-12-10-36(3)11-13-37)8-9-23(38)25(21)28(39)24(19)30(41)33(22,44)31(42)26(29(27)40)32(34)43/h4-9,19,22,27,38-39,42,44H,10-16H2,1-3H3,(H2,34,43). The van der Waals surface area contributed by atoms with Crippen LogP contribution >= 0.6 is 0 Å². The molecular weight excluding hydrogens is 564 g/mol. The molecule has 4 aliphatic rings. The summed E-state index contributed by atoms with van der Waals surface area (Å²) in [6.45, 7) is 4.92. The molecule has 4 unspecified atom stereocenters.